The fourth-order valence-electron chi connectivity index (χ4n) is 1.64. The number of rotatable bonds is 8. The summed E-state index contributed by atoms with van der Waals surface area (Å²) in [6, 6.07) is 5.71. The van der Waals surface area contributed by atoms with Crippen molar-refractivity contribution in [1.82, 2.24) is 5.32 Å². The van der Waals surface area contributed by atoms with E-state index in [9.17, 15) is 0 Å². The van der Waals surface area contributed by atoms with Crippen molar-refractivity contribution in [2.24, 2.45) is 10.7 Å². The third-order valence-corrected chi connectivity index (χ3v) is 4.17. The average molecular weight is 478 g/mol. The highest BCUT2D eigenvalue weighted by Crippen LogP contribution is 2.24. The van der Waals surface area contributed by atoms with Gasteiger partial charge in [-0.05, 0) is 24.6 Å². The molecule has 1 aromatic rings. The first kappa shape index (κ1) is 22.1. The lowest BCUT2D eigenvalue weighted by Crippen LogP contribution is -2.40. The van der Waals surface area contributed by atoms with E-state index in [-0.39, 0.29) is 30.0 Å². The van der Waals surface area contributed by atoms with Gasteiger partial charge in [-0.2, -0.15) is 11.8 Å². The molecule has 8 heteroatoms. The molecular weight excluding hydrogens is 456 g/mol. The zero-order valence-electron chi connectivity index (χ0n) is 12.6. The molecule has 0 bridgehead atoms. The number of ether oxygens (including phenoxy) is 1. The highest BCUT2D eigenvalue weighted by molar-refractivity contribution is 14.0. The van der Waals surface area contributed by atoms with Gasteiger partial charge in [0.25, 0.3) is 0 Å². The van der Waals surface area contributed by atoms with Crippen LogP contribution in [-0.4, -0.2) is 38.0 Å². The molecule has 0 aliphatic rings. The van der Waals surface area contributed by atoms with E-state index in [0.29, 0.717) is 29.2 Å². The van der Waals surface area contributed by atoms with Crippen LogP contribution in [0.5, 0.6) is 0 Å². The summed E-state index contributed by atoms with van der Waals surface area (Å²) in [6.07, 6.45) is 0. The van der Waals surface area contributed by atoms with Gasteiger partial charge in [-0.3, -0.25) is 4.99 Å². The molecular formula is C14H22Cl2IN3OS. The molecule has 0 aromatic heterocycles. The van der Waals surface area contributed by atoms with Gasteiger partial charge in [0, 0.05) is 34.7 Å². The molecule has 0 saturated heterocycles. The van der Waals surface area contributed by atoms with Gasteiger partial charge in [-0.1, -0.05) is 29.3 Å². The summed E-state index contributed by atoms with van der Waals surface area (Å²) in [6.45, 7) is 3.25. The molecule has 0 aliphatic carbocycles. The van der Waals surface area contributed by atoms with Gasteiger partial charge in [0.05, 0.1) is 13.2 Å². The molecule has 0 aliphatic heterocycles. The molecule has 4 nitrogen and oxygen atoms in total. The van der Waals surface area contributed by atoms with Crippen LogP contribution in [0, 0.1) is 0 Å². The number of nitrogens with two attached hydrogens (primary N) is 1. The first-order chi connectivity index (χ1) is 10.0. The van der Waals surface area contributed by atoms with Crippen molar-refractivity contribution >= 4 is 64.9 Å². The number of benzene rings is 1. The molecule has 0 fully saturated rings. The molecule has 1 rings (SSSR count). The van der Waals surface area contributed by atoms with Crippen LogP contribution in [0.4, 0.5) is 0 Å². The SMILES string of the molecule is COCC(C)NC(N)=NCCSCc1ccc(Cl)cc1Cl.I. The van der Waals surface area contributed by atoms with Gasteiger partial charge in [0.1, 0.15) is 0 Å². The summed E-state index contributed by atoms with van der Waals surface area (Å²) < 4.78 is 5.02. The number of thioether (sulfide) groups is 1. The summed E-state index contributed by atoms with van der Waals surface area (Å²) in [5.74, 6) is 2.16. The average Bonchev–Trinajstić information content (AvgIpc) is 2.40. The van der Waals surface area contributed by atoms with Crippen LogP contribution >= 0.6 is 58.9 Å². The zero-order valence-corrected chi connectivity index (χ0v) is 17.3. The second-order valence-electron chi connectivity index (χ2n) is 4.56. The van der Waals surface area contributed by atoms with Crippen LogP contribution in [-0.2, 0) is 10.5 Å². The smallest absolute Gasteiger partial charge is 0.188 e. The van der Waals surface area contributed by atoms with Crippen molar-refractivity contribution in [2.75, 3.05) is 26.0 Å². The molecule has 3 N–H and O–H groups in total. The summed E-state index contributed by atoms with van der Waals surface area (Å²) >= 11 is 13.7. The highest BCUT2D eigenvalue weighted by Gasteiger charge is 2.02. The molecule has 126 valence electrons. The fourth-order valence-corrected chi connectivity index (χ4v) is 3.03. The lowest BCUT2D eigenvalue weighted by molar-refractivity contribution is 0.179. The van der Waals surface area contributed by atoms with Gasteiger partial charge in [0.15, 0.2) is 5.96 Å². The predicted molar refractivity (Wildman–Crippen MR) is 109 cm³/mol. The number of guanidine groups is 1. The minimum Gasteiger partial charge on any atom is -0.383 e. The molecule has 1 aromatic carbocycles. The standard InChI is InChI=1S/C14H21Cl2N3OS.HI/c1-10(8-20-2)19-14(17)18-5-6-21-9-11-3-4-12(15)7-13(11)16;/h3-4,7,10H,5-6,8-9H2,1-2H3,(H3,17,18,19);1H. The normalized spacial score (nSPS) is 12.6. The topological polar surface area (TPSA) is 59.6 Å². The number of methoxy groups -OCH3 is 1. The Kier molecular flexibility index (Phi) is 12.6. The largest absolute Gasteiger partial charge is 0.383 e. The summed E-state index contributed by atoms with van der Waals surface area (Å²) in [4.78, 5) is 4.27. The number of nitrogens with zero attached hydrogens (tertiary/aromatic N) is 1. The number of aliphatic imine (C=N–C) groups is 1. The lowest BCUT2D eigenvalue weighted by Gasteiger charge is -2.12. The second kappa shape index (κ2) is 12.5. The van der Waals surface area contributed by atoms with Crippen LogP contribution in [0.3, 0.4) is 0 Å². The molecule has 0 radical (unpaired) electrons. The Labute approximate surface area is 163 Å². The minimum atomic E-state index is 0. The van der Waals surface area contributed by atoms with Crippen molar-refractivity contribution in [3.63, 3.8) is 0 Å². The number of nitrogens with one attached hydrogen (secondary N) is 1. The predicted octanol–water partition coefficient (Wildman–Crippen LogP) is 3.78. The molecule has 0 amide bonds. The zero-order chi connectivity index (χ0) is 15.7. The molecule has 1 unspecified atom stereocenters. The van der Waals surface area contributed by atoms with Crippen LogP contribution in [0.1, 0.15) is 12.5 Å². The maximum absolute atomic E-state index is 6.11. The Morgan fingerprint density at radius 2 is 2.18 bits per heavy atom. The van der Waals surface area contributed by atoms with E-state index in [1.165, 1.54) is 0 Å². The summed E-state index contributed by atoms with van der Waals surface area (Å²) in [5, 5.41) is 4.42. The molecule has 0 spiro atoms. The van der Waals surface area contributed by atoms with Gasteiger partial charge < -0.3 is 15.8 Å². The third-order valence-electron chi connectivity index (χ3n) is 2.60. The quantitative estimate of drug-likeness (QED) is 0.259. The van der Waals surface area contributed by atoms with E-state index in [1.807, 2.05) is 19.1 Å². The molecule has 22 heavy (non-hydrogen) atoms. The van der Waals surface area contributed by atoms with Crippen molar-refractivity contribution in [2.45, 2.75) is 18.7 Å². The number of hydrogen-bond acceptors (Lipinski definition) is 3. The molecule has 0 saturated carbocycles. The Hall–Kier alpha value is 0.110. The second-order valence-corrected chi connectivity index (χ2v) is 6.50. The van der Waals surface area contributed by atoms with Crippen molar-refractivity contribution in [3.05, 3.63) is 33.8 Å². The van der Waals surface area contributed by atoms with E-state index in [2.05, 4.69) is 10.3 Å². The van der Waals surface area contributed by atoms with Gasteiger partial charge in [-0.15, -0.1) is 24.0 Å². The lowest BCUT2D eigenvalue weighted by atomic mass is 10.2. The van der Waals surface area contributed by atoms with Crippen LogP contribution in [0.15, 0.2) is 23.2 Å². The van der Waals surface area contributed by atoms with Crippen molar-refractivity contribution < 1.29 is 4.74 Å². The fraction of sp³-hybridized carbons (Fsp3) is 0.500. The molecule has 0 heterocycles. The number of halogens is 3. The Morgan fingerprint density at radius 1 is 1.45 bits per heavy atom. The first-order valence-corrected chi connectivity index (χ1v) is 8.51. The maximum atomic E-state index is 6.11. The van der Waals surface area contributed by atoms with Crippen molar-refractivity contribution in [1.29, 1.82) is 0 Å². The van der Waals surface area contributed by atoms with Gasteiger partial charge >= 0.3 is 0 Å². The van der Waals surface area contributed by atoms with E-state index >= 15 is 0 Å². The Balaban J connectivity index is 0.00000441. The van der Waals surface area contributed by atoms with Crippen LogP contribution < -0.4 is 11.1 Å². The van der Waals surface area contributed by atoms with E-state index < -0.39 is 0 Å². The maximum Gasteiger partial charge on any atom is 0.188 e. The van der Waals surface area contributed by atoms with E-state index in [4.69, 9.17) is 33.7 Å². The third kappa shape index (κ3) is 9.29. The Bertz CT molecular complexity index is 477. The summed E-state index contributed by atoms with van der Waals surface area (Å²) in [7, 11) is 1.66. The highest BCUT2D eigenvalue weighted by atomic mass is 127. The van der Waals surface area contributed by atoms with Crippen LogP contribution in [0.2, 0.25) is 10.0 Å². The Morgan fingerprint density at radius 3 is 2.82 bits per heavy atom. The monoisotopic (exact) mass is 477 g/mol. The van der Waals surface area contributed by atoms with Crippen molar-refractivity contribution in [3.8, 4) is 0 Å². The van der Waals surface area contributed by atoms with Gasteiger partial charge in [-0.25, -0.2) is 0 Å². The minimum absolute atomic E-state index is 0. The van der Waals surface area contributed by atoms with E-state index in [1.54, 1.807) is 24.9 Å². The van der Waals surface area contributed by atoms with Gasteiger partial charge in [0.2, 0.25) is 0 Å². The molecule has 1 atom stereocenters. The first-order valence-electron chi connectivity index (χ1n) is 6.60. The summed E-state index contributed by atoms with van der Waals surface area (Å²) in [5.41, 5.74) is 6.86. The number of hydrogen-bond donors (Lipinski definition) is 2. The van der Waals surface area contributed by atoms with Crippen LogP contribution in [0.25, 0.3) is 0 Å². The van der Waals surface area contributed by atoms with E-state index in [0.717, 1.165) is 17.1 Å².